The highest BCUT2D eigenvalue weighted by Crippen LogP contribution is 2.43. The van der Waals surface area contributed by atoms with E-state index in [4.69, 9.17) is 9.97 Å². The van der Waals surface area contributed by atoms with Gasteiger partial charge in [-0.2, -0.15) is 0 Å². The number of benzene rings is 3. The van der Waals surface area contributed by atoms with Crippen LogP contribution in [0.4, 0.5) is 0 Å². The van der Waals surface area contributed by atoms with E-state index < -0.39 is 0 Å². The van der Waals surface area contributed by atoms with Gasteiger partial charge in [0.1, 0.15) is 12.0 Å². The summed E-state index contributed by atoms with van der Waals surface area (Å²) in [5.74, 6) is 0. The van der Waals surface area contributed by atoms with E-state index in [2.05, 4.69) is 104 Å². The second-order valence-electron chi connectivity index (χ2n) is 7.75. The first-order chi connectivity index (χ1) is 14.6. The van der Waals surface area contributed by atoms with Gasteiger partial charge in [0.15, 0.2) is 0 Å². The number of rotatable bonds is 3. The maximum absolute atomic E-state index is 4.76. The Labute approximate surface area is 176 Å². The van der Waals surface area contributed by atoms with Gasteiger partial charge >= 0.3 is 0 Å². The van der Waals surface area contributed by atoms with E-state index in [-0.39, 0.29) is 0 Å². The van der Waals surface area contributed by atoms with Gasteiger partial charge in [0, 0.05) is 18.2 Å². The van der Waals surface area contributed by atoms with Crippen molar-refractivity contribution >= 4 is 11.0 Å². The molecule has 0 aliphatic carbocycles. The molecule has 2 heterocycles. The quantitative estimate of drug-likeness (QED) is 0.349. The van der Waals surface area contributed by atoms with Crippen LogP contribution in [0.15, 0.2) is 85.2 Å². The molecule has 3 nitrogen and oxygen atoms in total. The van der Waals surface area contributed by atoms with E-state index in [1.807, 2.05) is 0 Å². The highest BCUT2D eigenvalue weighted by atomic mass is 15.0. The first-order valence-corrected chi connectivity index (χ1v) is 10.2. The fourth-order valence-electron chi connectivity index (χ4n) is 4.31. The molecule has 0 spiro atoms. The highest BCUT2D eigenvalue weighted by Gasteiger charge is 2.23. The number of nitrogens with zero attached hydrogens (tertiary/aromatic N) is 3. The number of fused-ring (bicyclic) bond motifs is 1. The van der Waals surface area contributed by atoms with Crippen LogP contribution >= 0.6 is 0 Å². The maximum atomic E-state index is 4.76. The molecule has 0 saturated heterocycles. The summed E-state index contributed by atoms with van der Waals surface area (Å²) < 4.78 is 2.20. The van der Waals surface area contributed by atoms with Crippen LogP contribution in [0.1, 0.15) is 11.1 Å². The van der Waals surface area contributed by atoms with Gasteiger partial charge in [-0.15, -0.1) is 0 Å². The van der Waals surface area contributed by atoms with Crippen molar-refractivity contribution in [3.8, 4) is 33.6 Å². The highest BCUT2D eigenvalue weighted by molar-refractivity contribution is 6.09. The van der Waals surface area contributed by atoms with Crippen molar-refractivity contribution in [2.45, 2.75) is 13.8 Å². The molecule has 30 heavy (non-hydrogen) atoms. The molecule has 0 atom stereocenters. The SMILES string of the molecule is Cc1cccc(-c2ncnc3c2c(-c2ccccc2C)c(-c2ccccc2)n3C)c1. The fraction of sp³-hybridized carbons (Fsp3) is 0.111. The molecule has 0 bridgehead atoms. The molecule has 0 unspecified atom stereocenters. The zero-order valence-corrected chi connectivity index (χ0v) is 17.4. The van der Waals surface area contributed by atoms with Crippen molar-refractivity contribution in [2.75, 3.05) is 0 Å². The molecule has 0 N–H and O–H groups in total. The Morgan fingerprint density at radius 3 is 2.23 bits per heavy atom. The summed E-state index contributed by atoms with van der Waals surface area (Å²) in [6.07, 6.45) is 1.68. The van der Waals surface area contributed by atoms with Gasteiger partial charge < -0.3 is 4.57 Å². The molecular weight excluding hydrogens is 366 g/mol. The van der Waals surface area contributed by atoms with E-state index in [1.54, 1.807) is 6.33 Å². The summed E-state index contributed by atoms with van der Waals surface area (Å²) in [5, 5.41) is 1.10. The van der Waals surface area contributed by atoms with Crippen molar-refractivity contribution in [3.63, 3.8) is 0 Å². The fourth-order valence-corrected chi connectivity index (χ4v) is 4.31. The maximum Gasteiger partial charge on any atom is 0.144 e. The lowest BCUT2D eigenvalue weighted by atomic mass is 9.93. The predicted molar refractivity (Wildman–Crippen MR) is 124 cm³/mol. The molecular formula is C27H23N3. The summed E-state index contributed by atoms with van der Waals surface area (Å²) in [4.78, 5) is 9.46. The first-order valence-electron chi connectivity index (χ1n) is 10.2. The van der Waals surface area contributed by atoms with Crippen molar-refractivity contribution in [1.29, 1.82) is 0 Å². The zero-order chi connectivity index (χ0) is 20.7. The second kappa shape index (κ2) is 7.27. The molecule has 5 aromatic rings. The predicted octanol–water partition coefficient (Wildman–Crippen LogP) is 6.59. The Morgan fingerprint density at radius 2 is 1.47 bits per heavy atom. The summed E-state index contributed by atoms with van der Waals surface area (Å²) in [7, 11) is 2.10. The number of aromatic nitrogens is 3. The topological polar surface area (TPSA) is 30.7 Å². The normalized spacial score (nSPS) is 11.2. The molecule has 0 aliphatic rings. The molecule has 3 aromatic carbocycles. The third-order valence-corrected chi connectivity index (χ3v) is 5.72. The number of aryl methyl sites for hydroxylation is 3. The van der Waals surface area contributed by atoms with Gasteiger partial charge in [0.05, 0.1) is 16.8 Å². The Balaban J connectivity index is 1.96. The van der Waals surface area contributed by atoms with Crippen molar-refractivity contribution in [3.05, 3.63) is 96.3 Å². The summed E-state index contributed by atoms with van der Waals surface area (Å²) in [5.41, 5.74) is 10.2. The molecule has 146 valence electrons. The van der Waals surface area contributed by atoms with E-state index in [0.29, 0.717) is 0 Å². The van der Waals surface area contributed by atoms with Crippen molar-refractivity contribution < 1.29 is 0 Å². The minimum absolute atomic E-state index is 0.943. The minimum Gasteiger partial charge on any atom is -0.328 e. The van der Waals surface area contributed by atoms with Crippen LogP contribution in [0.25, 0.3) is 44.7 Å². The first kappa shape index (κ1) is 18.3. The van der Waals surface area contributed by atoms with Gasteiger partial charge in [-0.05, 0) is 36.6 Å². The minimum atomic E-state index is 0.943. The zero-order valence-electron chi connectivity index (χ0n) is 17.4. The summed E-state index contributed by atoms with van der Waals surface area (Å²) in [6.45, 7) is 4.28. The molecule has 0 fully saturated rings. The Morgan fingerprint density at radius 1 is 0.733 bits per heavy atom. The van der Waals surface area contributed by atoms with E-state index in [9.17, 15) is 0 Å². The Hall–Kier alpha value is -3.72. The lowest BCUT2D eigenvalue weighted by molar-refractivity contribution is 0.953. The largest absolute Gasteiger partial charge is 0.328 e. The van der Waals surface area contributed by atoms with Crippen molar-refractivity contribution in [1.82, 2.24) is 14.5 Å². The van der Waals surface area contributed by atoms with Crippen LogP contribution in [0.2, 0.25) is 0 Å². The average Bonchev–Trinajstić information content (AvgIpc) is 3.07. The summed E-state index contributed by atoms with van der Waals surface area (Å²) in [6, 6.07) is 27.6. The number of hydrogen-bond donors (Lipinski definition) is 0. The molecule has 2 aromatic heterocycles. The standard InChI is InChI=1S/C27H23N3/c1-18-10-9-14-21(16-18)25-24-23(22-15-8-7-11-19(22)2)26(20-12-5-4-6-13-20)30(3)27(24)29-17-28-25/h4-17H,1-3H3. The summed E-state index contributed by atoms with van der Waals surface area (Å²) >= 11 is 0. The van der Waals surface area contributed by atoms with Gasteiger partial charge in [0.2, 0.25) is 0 Å². The third-order valence-electron chi connectivity index (χ3n) is 5.72. The molecule has 0 amide bonds. The van der Waals surface area contributed by atoms with Crippen LogP contribution in [-0.2, 0) is 7.05 Å². The molecule has 0 saturated carbocycles. The van der Waals surface area contributed by atoms with Crippen LogP contribution < -0.4 is 0 Å². The molecule has 5 rings (SSSR count). The molecule has 3 heteroatoms. The third kappa shape index (κ3) is 2.91. The monoisotopic (exact) mass is 389 g/mol. The van der Waals surface area contributed by atoms with Gasteiger partial charge in [-0.25, -0.2) is 9.97 Å². The Bertz CT molecular complexity index is 1360. The smallest absolute Gasteiger partial charge is 0.144 e. The lowest BCUT2D eigenvalue weighted by Crippen LogP contribution is -1.94. The molecule has 0 aliphatic heterocycles. The second-order valence-corrected chi connectivity index (χ2v) is 7.75. The van der Waals surface area contributed by atoms with Crippen LogP contribution in [-0.4, -0.2) is 14.5 Å². The van der Waals surface area contributed by atoms with Crippen LogP contribution in [0.5, 0.6) is 0 Å². The van der Waals surface area contributed by atoms with E-state index in [0.717, 1.165) is 28.0 Å². The molecule has 0 radical (unpaired) electrons. The van der Waals surface area contributed by atoms with E-state index in [1.165, 1.54) is 27.8 Å². The lowest BCUT2D eigenvalue weighted by Gasteiger charge is -2.11. The van der Waals surface area contributed by atoms with Crippen LogP contribution in [0.3, 0.4) is 0 Å². The number of hydrogen-bond acceptors (Lipinski definition) is 2. The van der Waals surface area contributed by atoms with Gasteiger partial charge in [-0.3, -0.25) is 0 Å². The van der Waals surface area contributed by atoms with Gasteiger partial charge in [0.25, 0.3) is 0 Å². The average molecular weight is 390 g/mol. The van der Waals surface area contributed by atoms with Crippen LogP contribution in [0, 0.1) is 13.8 Å². The Kier molecular flexibility index (Phi) is 4.44. The van der Waals surface area contributed by atoms with Gasteiger partial charge in [-0.1, -0.05) is 78.4 Å². The van der Waals surface area contributed by atoms with E-state index >= 15 is 0 Å². The van der Waals surface area contributed by atoms with Crippen molar-refractivity contribution in [2.24, 2.45) is 7.05 Å².